The van der Waals surface area contributed by atoms with Crippen LogP contribution in [0, 0.1) is 17.8 Å². The van der Waals surface area contributed by atoms with Crippen LogP contribution in [0.1, 0.15) is 25.7 Å². The van der Waals surface area contributed by atoms with Crippen LogP contribution in [0.4, 0.5) is 0 Å². The van der Waals surface area contributed by atoms with Gasteiger partial charge < -0.3 is 0 Å². The lowest BCUT2D eigenvalue weighted by atomic mass is 9.85. The minimum absolute atomic E-state index is 0.0903. The van der Waals surface area contributed by atoms with Gasteiger partial charge in [0.25, 0.3) is 0 Å². The zero-order valence-electron chi connectivity index (χ0n) is 7.53. The van der Waals surface area contributed by atoms with Gasteiger partial charge in [0.2, 0.25) is 11.8 Å². The van der Waals surface area contributed by atoms with Crippen molar-refractivity contribution in [1.82, 2.24) is 4.90 Å². The SMILES string of the molecule is O=C1C2CC2C(=O)N1CC1CCC1. The van der Waals surface area contributed by atoms with Gasteiger partial charge in [0.1, 0.15) is 0 Å². The number of carbonyl (C=O) groups is 2. The maximum absolute atomic E-state index is 11.5. The van der Waals surface area contributed by atoms with Crippen molar-refractivity contribution < 1.29 is 9.59 Å². The van der Waals surface area contributed by atoms with Crippen molar-refractivity contribution in [2.45, 2.75) is 25.7 Å². The lowest BCUT2D eigenvalue weighted by Gasteiger charge is -2.29. The first kappa shape index (κ1) is 7.54. The fourth-order valence-electron chi connectivity index (χ4n) is 2.36. The largest absolute Gasteiger partial charge is 0.282 e. The van der Waals surface area contributed by atoms with Crippen molar-refractivity contribution in [3.8, 4) is 0 Å². The summed E-state index contributed by atoms with van der Waals surface area (Å²) in [7, 11) is 0. The molecule has 0 bridgehead atoms. The van der Waals surface area contributed by atoms with Crippen LogP contribution in [0.25, 0.3) is 0 Å². The highest BCUT2D eigenvalue weighted by Crippen LogP contribution is 2.47. The summed E-state index contributed by atoms with van der Waals surface area (Å²) in [6, 6.07) is 0. The zero-order valence-corrected chi connectivity index (χ0v) is 7.53. The van der Waals surface area contributed by atoms with Crippen LogP contribution in [-0.4, -0.2) is 23.3 Å². The van der Waals surface area contributed by atoms with E-state index in [0.717, 1.165) is 6.42 Å². The number of likely N-dealkylation sites (tertiary alicyclic amines) is 1. The van der Waals surface area contributed by atoms with Gasteiger partial charge in [-0.05, 0) is 25.2 Å². The van der Waals surface area contributed by atoms with E-state index in [0.29, 0.717) is 12.5 Å². The predicted octanol–water partition coefficient (Wildman–Crippen LogP) is 0.791. The summed E-state index contributed by atoms with van der Waals surface area (Å²) in [5.41, 5.74) is 0. The Kier molecular flexibility index (Phi) is 1.35. The Labute approximate surface area is 77.1 Å². The van der Waals surface area contributed by atoms with Crippen LogP contribution in [0.5, 0.6) is 0 Å². The quantitative estimate of drug-likeness (QED) is 0.588. The number of carbonyl (C=O) groups excluding carboxylic acids is 2. The van der Waals surface area contributed by atoms with Gasteiger partial charge in [0, 0.05) is 6.54 Å². The van der Waals surface area contributed by atoms with Crippen molar-refractivity contribution in [2.75, 3.05) is 6.54 Å². The lowest BCUT2D eigenvalue weighted by Crippen LogP contribution is -2.38. The van der Waals surface area contributed by atoms with Crippen LogP contribution in [-0.2, 0) is 9.59 Å². The van der Waals surface area contributed by atoms with Gasteiger partial charge in [-0.3, -0.25) is 14.5 Å². The van der Waals surface area contributed by atoms with Crippen molar-refractivity contribution >= 4 is 11.8 Å². The second-order valence-electron chi connectivity index (χ2n) is 4.53. The monoisotopic (exact) mass is 179 g/mol. The van der Waals surface area contributed by atoms with Crippen LogP contribution < -0.4 is 0 Å². The molecule has 0 radical (unpaired) electrons. The fourth-order valence-corrected chi connectivity index (χ4v) is 2.36. The third kappa shape index (κ3) is 0.960. The highest BCUT2D eigenvalue weighted by molar-refractivity contribution is 6.08. The summed E-state index contributed by atoms with van der Waals surface area (Å²) >= 11 is 0. The molecule has 2 amide bonds. The molecule has 0 N–H and O–H groups in total. The third-order valence-electron chi connectivity index (χ3n) is 3.62. The van der Waals surface area contributed by atoms with E-state index in [1.165, 1.54) is 24.2 Å². The average molecular weight is 179 g/mol. The second kappa shape index (κ2) is 2.34. The minimum Gasteiger partial charge on any atom is -0.282 e. The molecule has 3 fully saturated rings. The molecule has 2 aliphatic carbocycles. The van der Waals surface area contributed by atoms with E-state index in [-0.39, 0.29) is 23.7 Å². The Bertz CT molecular complexity index is 263. The first-order valence-corrected chi connectivity index (χ1v) is 5.12. The molecule has 3 nitrogen and oxygen atoms in total. The van der Waals surface area contributed by atoms with E-state index < -0.39 is 0 Å². The number of nitrogens with zero attached hydrogens (tertiary/aromatic N) is 1. The average Bonchev–Trinajstić information content (AvgIpc) is 2.75. The van der Waals surface area contributed by atoms with Crippen molar-refractivity contribution in [1.29, 1.82) is 0 Å². The molecule has 0 aromatic carbocycles. The molecule has 3 aliphatic rings. The highest BCUT2D eigenvalue weighted by Gasteiger charge is 2.58. The van der Waals surface area contributed by atoms with Gasteiger partial charge in [-0.25, -0.2) is 0 Å². The van der Waals surface area contributed by atoms with Gasteiger partial charge in [-0.15, -0.1) is 0 Å². The number of imide groups is 1. The van der Waals surface area contributed by atoms with Gasteiger partial charge in [0.05, 0.1) is 11.8 Å². The van der Waals surface area contributed by atoms with Crippen molar-refractivity contribution in [3.63, 3.8) is 0 Å². The first-order chi connectivity index (χ1) is 6.27. The first-order valence-electron chi connectivity index (χ1n) is 5.12. The van der Waals surface area contributed by atoms with Crippen LogP contribution in [0.3, 0.4) is 0 Å². The topological polar surface area (TPSA) is 37.4 Å². The maximum Gasteiger partial charge on any atom is 0.233 e. The lowest BCUT2D eigenvalue weighted by molar-refractivity contribution is -0.142. The molecule has 0 aromatic heterocycles. The molecule has 3 rings (SSSR count). The van der Waals surface area contributed by atoms with Gasteiger partial charge >= 0.3 is 0 Å². The number of hydrogen-bond acceptors (Lipinski definition) is 2. The molecule has 2 unspecified atom stereocenters. The van der Waals surface area contributed by atoms with Crippen molar-refractivity contribution in [3.05, 3.63) is 0 Å². The summed E-state index contributed by atoms with van der Waals surface area (Å²) in [5, 5.41) is 0. The zero-order chi connectivity index (χ0) is 9.00. The fraction of sp³-hybridized carbons (Fsp3) is 0.800. The highest BCUT2D eigenvalue weighted by atomic mass is 16.2. The van der Waals surface area contributed by atoms with Gasteiger partial charge in [0.15, 0.2) is 0 Å². The standard InChI is InChI=1S/C10H13NO2/c12-9-7-4-8(7)10(13)11(9)5-6-2-1-3-6/h6-8H,1-5H2. The molecular weight excluding hydrogens is 166 g/mol. The molecule has 70 valence electrons. The van der Waals surface area contributed by atoms with E-state index in [1.807, 2.05) is 0 Å². The van der Waals surface area contributed by atoms with E-state index in [2.05, 4.69) is 0 Å². The Morgan fingerprint density at radius 2 is 1.77 bits per heavy atom. The number of amides is 2. The smallest absolute Gasteiger partial charge is 0.233 e. The van der Waals surface area contributed by atoms with Crippen LogP contribution in [0.2, 0.25) is 0 Å². The van der Waals surface area contributed by atoms with Crippen molar-refractivity contribution in [2.24, 2.45) is 17.8 Å². The molecular formula is C10H13NO2. The number of piperidine rings is 1. The molecule has 1 saturated heterocycles. The molecule has 2 saturated carbocycles. The predicted molar refractivity (Wildman–Crippen MR) is 45.7 cm³/mol. The summed E-state index contributed by atoms with van der Waals surface area (Å²) in [5.74, 6) is 1.02. The number of rotatable bonds is 2. The Hall–Kier alpha value is -0.860. The molecule has 0 spiro atoms. The Morgan fingerprint density at radius 3 is 2.23 bits per heavy atom. The summed E-state index contributed by atoms with van der Waals surface area (Å²) in [6.45, 7) is 0.713. The van der Waals surface area contributed by atoms with E-state index >= 15 is 0 Å². The van der Waals surface area contributed by atoms with Gasteiger partial charge in [-0.2, -0.15) is 0 Å². The Morgan fingerprint density at radius 1 is 1.15 bits per heavy atom. The molecule has 3 heteroatoms. The molecule has 1 aliphatic heterocycles. The summed E-state index contributed by atoms with van der Waals surface area (Å²) < 4.78 is 0. The number of hydrogen-bond donors (Lipinski definition) is 0. The van der Waals surface area contributed by atoms with Crippen LogP contribution >= 0.6 is 0 Å². The second-order valence-corrected chi connectivity index (χ2v) is 4.53. The molecule has 13 heavy (non-hydrogen) atoms. The molecule has 2 atom stereocenters. The minimum atomic E-state index is 0.0903. The van der Waals surface area contributed by atoms with E-state index in [1.54, 1.807) is 0 Å². The normalized spacial score (nSPS) is 37.7. The molecule has 0 aromatic rings. The van der Waals surface area contributed by atoms with E-state index in [4.69, 9.17) is 0 Å². The van der Waals surface area contributed by atoms with E-state index in [9.17, 15) is 9.59 Å². The third-order valence-corrected chi connectivity index (χ3v) is 3.62. The summed E-state index contributed by atoms with van der Waals surface area (Å²) in [6.07, 6.45) is 4.51. The summed E-state index contributed by atoms with van der Waals surface area (Å²) in [4.78, 5) is 24.6. The molecule has 1 heterocycles. The Balaban J connectivity index is 1.69. The number of fused-ring (bicyclic) bond motifs is 1. The van der Waals surface area contributed by atoms with Crippen LogP contribution in [0.15, 0.2) is 0 Å². The van der Waals surface area contributed by atoms with Gasteiger partial charge in [-0.1, -0.05) is 6.42 Å². The maximum atomic E-state index is 11.5.